The first kappa shape index (κ1) is 15.0. The zero-order chi connectivity index (χ0) is 15.1. The molecule has 0 radical (unpaired) electrons. The number of hydrogen-bond donors (Lipinski definition) is 0. The molecule has 0 bridgehead atoms. The summed E-state index contributed by atoms with van der Waals surface area (Å²) in [5.74, 6) is 0.0485. The molecular weight excluding hydrogens is 260 g/mol. The molecule has 1 heterocycles. The highest BCUT2D eigenvalue weighted by atomic mass is 16.2. The fraction of sp³-hybridized carbons (Fsp3) is 0.222. The van der Waals surface area contributed by atoms with Crippen molar-refractivity contribution in [3.05, 3.63) is 60.3 Å². The Bertz CT molecular complexity index is 670. The van der Waals surface area contributed by atoms with E-state index in [0.717, 1.165) is 29.6 Å². The van der Waals surface area contributed by atoms with Gasteiger partial charge in [-0.05, 0) is 37.6 Å². The molecule has 0 atom stereocenters. The Labute approximate surface area is 125 Å². The van der Waals surface area contributed by atoms with Gasteiger partial charge >= 0.3 is 0 Å². The Morgan fingerprint density at radius 2 is 2.00 bits per heavy atom. The molecule has 1 aromatic heterocycles. The number of carbonyl (C=O) groups excluding carboxylic acids is 1. The first-order valence-corrected chi connectivity index (χ1v) is 7.23. The van der Waals surface area contributed by atoms with Crippen LogP contribution < -0.4 is 0 Å². The molecule has 3 nitrogen and oxygen atoms in total. The quantitative estimate of drug-likeness (QED) is 0.618. The monoisotopic (exact) mass is 280 g/mol. The molecule has 0 saturated carbocycles. The summed E-state index contributed by atoms with van der Waals surface area (Å²) in [6, 6.07) is 10.1. The number of benzene rings is 1. The fourth-order valence-electron chi connectivity index (χ4n) is 2.14. The van der Waals surface area contributed by atoms with Gasteiger partial charge in [-0.25, -0.2) is 0 Å². The molecule has 0 aliphatic rings. The van der Waals surface area contributed by atoms with Crippen LogP contribution in [0.5, 0.6) is 0 Å². The molecule has 0 aliphatic heterocycles. The van der Waals surface area contributed by atoms with Crippen molar-refractivity contribution in [2.24, 2.45) is 0 Å². The Kier molecular flexibility index (Phi) is 5.27. The average molecular weight is 280 g/mol. The summed E-state index contributed by atoms with van der Waals surface area (Å²) in [5.41, 5.74) is 2.08. The van der Waals surface area contributed by atoms with E-state index >= 15 is 0 Å². The zero-order valence-corrected chi connectivity index (χ0v) is 12.5. The molecule has 1 amide bonds. The van der Waals surface area contributed by atoms with E-state index in [4.69, 9.17) is 0 Å². The maximum absolute atomic E-state index is 11.8. The van der Waals surface area contributed by atoms with Gasteiger partial charge in [0.2, 0.25) is 5.91 Å². The van der Waals surface area contributed by atoms with Gasteiger partial charge in [0.05, 0.1) is 5.52 Å². The summed E-state index contributed by atoms with van der Waals surface area (Å²) in [5, 5.41) is 1.11. The Morgan fingerprint density at radius 3 is 2.76 bits per heavy atom. The van der Waals surface area contributed by atoms with Crippen molar-refractivity contribution < 1.29 is 4.79 Å². The molecule has 2 rings (SSSR count). The molecule has 0 spiro atoms. The van der Waals surface area contributed by atoms with Crippen LogP contribution in [0.15, 0.2) is 54.8 Å². The van der Waals surface area contributed by atoms with E-state index < -0.39 is 0 Å². The number of likely N-dealkylation sites (N-methyl/N-ethyl adjacent to an activating group) is 1. The Morgan fingerprint density at radius 1 is 1.19 bits per heavy atom. The third kappa shape index (κ3) is 4.02. The van der Waals surface area contributed by atoms with Crippen LogP contribution in [0.1, 0.15) is 19.4 Å². The van der Waals surface area contributed by atoms with Gasteiger partial charge < -0.3 is 4.90 Å². The van der Waals surface area contributed by atoms with Crippen LogP contribution in [0.2, 0.25) is 0 Å². The maximum atomic E-state index is 11.8. The fourth-order valence-corrected chi connectivity index (χ4v) is 2.14. The molecule has 21 heavy (non-hydrogen) atoms. The maximum Gasteiger partial charge on any atom is 0.246 e. The second-order valence-corrected chi connectivity index (χ2v) is 4.68. The predicted molar refractivity (Wildman–Crippen MR) is 87.8 cm³/mol. The number of aromatic nitrogens is 1. The first-order chi connectivity index (χ1) is 10.2. The van der Waals surface area contributed by atoms with Crippen molar-refractivity contribution in [1.29, 1.82) is 0 Å². The van der Waals surface area contributed by atoms with Gasteiger partial charge in [0.15, 0.2) is 0 Å². The van der Waals surface area contributed by atoms with E-state index in [9.17, 15) is 4.79 Å². The van der Waals surface area contributed by atoms with E-state index in [1.54, 1.807) is 23.2 Å². The number of pyridine rings is 1. The number of nitrogens with zero attached hydrogens (tertiary/aromatic N) is 2. The van der Waals surface area contributed by atoms with Gasteiger partial charge in [0.1, 0.15) is 0 Å². The van der Waals surface area contributed by atoms with Crippen molar-refractivity contribution >= 4 is 22.9 Å². The van der Waals surface area contributed by atoms with E-state index in [-0.39, 0.29) is 5.91 Å². The highest BCUT2D eigenvalue weighted by Crippen LogP contribution is 2.14. The number of fused-ring (bicyclic) bond motifs is 1. The molecule has 0 unspecified atom stereocenters. The summed E-state index contributed by atoms with van der Waals surface area (Å²) in [4.78, 5) is 17.9. The second-order valence-electron chi connectivity index (χ2n) is 4.68. The minimum atomic E-state index is 0.0485. The van der Waals surface area contributed by atoms with Gasteiger partial charge in [-0.1, -0.05) is 30.4 Å². The normalized spacial score (nSPS) is 11.5. The molecule has 0 fully saturated rings. The van der Waals surface area contributed by atoms with E-state index in [0.29, 0.717) is 0 Å². The number of hydrogen-bond acceptors (Lipinski definition) is 2. The lowest BCUT2D eigenvalue weighted by Gasteiger charge is -2.15. The molecule has 0 aliphatic carbocycles. The first-order valence-electron chi connectivity index (χ1n) is 7.23. The van der Waals surface area contributed by atoms with Crippen molar-refractivity contribution in [1.82, 2.24) is 9.88 Å². The molecule has 3 heteroatoms. The molecule has 0 saturated heterocycles. The van der Waals surface area contributed by atoms with E-state index in [1.807, 2.05) is 50.3 Å². The SMILES string of the molecule is CCN(CC)C(=O)/C=C/C=C/c1ccc2ncccc2c1. The number of amides is 1. The van der Waals surface area contributed by atoms with Gasteiger partial charge in [0.25, 0.3) is 0 Å². The van der Waals surface area contributed by atoms with Crippen molar-refractivity contribution in [3.8, 4) is 0 Å². The minimum Gasteiger partial charge on any atom is -0.340 e. The Balaban J connectivity index is 2.04. The zero-order valence-electron chi connectivity index (χ0n) is 12.5. The molecule has 108 valence electrons. The lowest BCUT2D eigenvalue weighted by Crippen LogP contribution is -2.28. The minimum absolute atomic E-state index is 0.0485. The van der Waals surface area contributed by atoms with Crippen LogP contribution >= 0.6 is 0 Å². The smallest absolute Gasteiger partial charge is 0.246 e. The van der Waals surface area contributed by atoms with Crippen LogP contribution in [-0.4, -0.2) is 28.9 Å². The highest BCUT2D eigenvalue weighted by Gasteiger charge is 2.03. The standard InChI is InChI=1S/C18H20N2O/c1-3-20(4-2)18(21)10-6-5-8-15-11-12-17-16(14-15)9-7-13-19-17/h5-14H,3-4H2,1-2H3/b8-5+,10-6+. The largest absolute Gasteiger partial charge is 0.340 e. The Hall–Kier alpha value is -2.42. The highest BCUT2D eigenvalue weighted by molar-refractivity contribution is 5.88. The summed E-state index contributed by atoms with van der Waals surface area (Å²) < 4.78 is 0. The summed E-state index contributed by atoms with van der Waals surface area (Å²) in [7, 11) is 0. The van der Waals surface area contributed by atoms with Crippen molar-refractivity contribution in [2.75, 3.05) is 13.1 Å². The van der Waals surface area contributed by atoms with Crippen LogP contribution in [0.4, 0.5) is 0 Å². The second kappa shape index (κ2) is 7.39. The van der Waals surface area contributed by atoms with Crippen molar-refractivity contribution in [3.63, 3.8) is 0 Å². The van der Waals surface area contributed by atoms with Gasteiger partial charge in [-0.2, -0.15) is 0 Å². The van der Waals surface area contributed by atoms with Crippen LogP contribution in [0, 0.1) is 0 Å². The van der Waals surface area contributed by atoms with E-state index in [1.165, 1.54) is 0 Å². The van der Waals surface area contributed by atoms with Gasteiger partial charge in [-0.15, -0.1) is 0 Å². The molecule has 0 N–H and O–H groups in total. The van der Waals surface area contributed by atoms with Crippen LogP contribution in [0.3, 0.4) is 0 Å². The summed E-state index contributed by atoms with van der Waals surface area (Å²) in [6.45, 7) is 5.44. The third-order valence-electron chi connectivity index (χ3n) is 3.34. The van der Waals surface area contributed by atoms with Crippen molar-refractivity contribution in [2.45, 2.75) is 13.8 Å². The molecule has 2 aromatic rings. The van der Waals surface area contributed by atoms with E-state index in [2.05, 4.69) is 11.1 Å². The van der Waals surface area contributed by atoms with Gasteiger partial charge in [-0.3, -0.25) is 9.78 Å². The van der Waals surface area contributed by atoms with Crippen LogP contribution in [0.25, 0.3) is 17.0 Å². The third-order valence-corrected chi connectivity index (χ3v) is 3.34. The molecular formula is C18H20N2O. The van der Waals surface area contributed by atoms with Gasteiger partial charge in [0, 0.05) is 30.7 Å². The lowest BCUT2D eigenvalue weighted by molar-refractivity contribution is -0.125. The summed E-state index contributed by atoms with van der Waals surface area (Å²) >= 11 is 0. The van der Waals surface area contributed by atoms with Crippen LogP contribution in [-0.2, 0) is 4.79 Å². The summed E-state index contributed by atoms with van der Waals surface area (Å²) in [6.07, 6.45) is 9.05. The topological polar surface area (TPSA) is 33.2 Å². The predicted octanol–water partition coefficient (Wildman–Crippen LogP) is 3.67. The average Bonchev–Trinajstić information content (AvgIpc) is 2.52. The number of rotatable bonds is 5. The molecule has 1 aromatic carbocycles. The number of carbonyl (C=O) groups is 1. The number of allylic oxidation sites excluding steroid dienone is 2. The lowest BCUT2D eigenvalue weighted by atomic mass is 10.1.